The number of methoxy groups -OCH3 is 2. The van der Waals surface area contributed by atoms with E-state index in [1.54, 1.807) is 0 Å². The van der Waals surface area contributed by atoms with Crippen molar-refractivity contribution in [3.05, 3.63) is 17.7 Å². The van der Waals surface area contributed by atoms with Crippen LogP contribution in [-0.2, 0) is 26.1 Å². The smallest absolute Gasteiger partial charge is 0.298 e. The number of benzene rings is 1. The van der Waals surface area contributed by atoms with E-state index in [0.29, 0.717) is 5.56 Å². The summed E-state index contributed by atoms with van der Waals surface area (Å²) in [6.45, 7) is 1.19. The van der Waals surface area contributed by atoms with Crippen LogP contribution in [0.1, 0.15) is 12.5 Å². The van der Waals surface area contributed by atoms with Crippen molar-refractivity contribution in [1.82, 2.24) is 5.32 Å². The van der Waals surface area contributed by atoms with Gasteiger partial charge in [-0.05, 0) is 6.07 Å². The van der Waals surface area contributed by atoms with Crippen molar-refractivity contribution in [3.63, 3.8) is 0 Å². The molecule has 0 aliphatic carbocycles. The Morgan fingerprint density at radius 1 is 1.19 bits per heavy atom. The second-order valence-electron chi connectivity index (χ2n) is 4.07. The summed E-state index contributed by atoms with van der Waals surface area (Å²) in [6.07, 6.45) is -0.217. The molecule has 21 heavy (non-hydrogen) atoms. The van der Waals surface area contributed by atoms with E-state index in [4.69, 9.17) is 14.0 Å². The summed E-state index contributed by atoms with van der Waals surface area (Å²) in [5, 5.41) is 2.08. The highest BCUT2D eigenvalue weighted by Gasteiger charge is 2.21. The number of nitrogens with one attached hydrogen (secondary N) is 1. The Kier molecular flexibility index (Phi) is 5.28. The maximum Gasteiger partial charge on any atom is 0.298 e. The molecule has 0 spiro atoms. The predicted octanol–water partition coefficient (Wildman–Crippen LogP) is 0.156. The number of ether oxygens (including phenoxy) is 2. The molecule has 0 radical (unpaired) electrons. The van der Waals surface area contributed by atoms with E-state index >= 15 is 0 Å². The lowest BCUT2D eigenvalue weighted by atomic mass is 10.1. The van der Waals surface area contributed by atoms with E-state index in [2.05, 4.69) is 5.32 Å². The summed E-state index contributed by atoms with van der Waals surface area (Å²) in [7, 11) is -2.00. The first-order valence-corrected chi connectivity index (χ1v) is 7.15. The lowest BCUT2D eigenvalue weighted by Crippen LogP contribution is -2.29. The molecule has 9 heteroatoms. The van der Waals surface area contributed by atoms with E-state index in [1.165, 1.54) is 27.2 Å². The summed E-state index contributed by atoms with van der Waals surface area (Å²) in [6, 6.07) is 2.30. The average molecular weight is 317 g/mol. The van der Waals surface area contributed by atoms with Crippen molar-refractivity contribution < 1.29 is 32.0 Å². The Bertz CT molecular complexity index is 666. The zero-order chi connectivity index (χ0) is 16.2. The molecule has 116 valence electrons. The Morgan fingerprint density at radius 2 is 1.76 bits per heavy atom. The Morgan fingerprint density at radius 3 is 2.19 bits per heavy atom. The molecule has 0 aromatic heterocycles. The van der Waals surface area contributed by atoms with Crippen LogP contribution in [0.5, 0.6) is 11.5 Å². The molecule has 0 bridgehead atoms. The zero-order valence-electron chi connectivity index (χ0n) is 11.7. The van der Waals surface area contributed by atoms with Crippen molar-refractivity contribution in [2.24, 2.45) is 0 Å². The van der Waals surface area contributed by atoms with E-state index in [9.17, 15) is 18.0 Å². The Balaban J connectivity index is 3.28. The average Bonchev–Trinajstić information content (AvgIpc) is 2.35. The fraction of sp³-hybridized carbons (Fsp3) is 0.333. The molecule has 2 amide bonds. The third kappa shape index (κ3) is 4.43. The maximum atomic E-state index is 11.6. The van der Waals surface area contributed by atoms with Gasteiger partial charge in [0.15, 0.2) is 0 Å². The van der Waals surface area contributed by atoms with Gasteiger partial charge in [0, 0.05) is 18.6 Å². The third-order valence-corrected chi connectivity index (χ3v) is 3.39. The van der Waals surface area contributed by atoms with E-state index in [0.717, 1.165) is 6.07 Å². The van der Waals surface area contributed by atoms with Gasteiger partial charge in [-0.25, -0.2) is 0 Å². The summed E-state index contributed by atoms with van der Waals surface area (Å²) in [4.78, 5) is 21.9. The minimum absolute atomic E-state index is 0.0714. The number of hydrogen-bond donors (Lipinski definition) is 2. The molecule has 0 atom stereocenters. The number of imide groups is 1. The molecular weight excluding hydrogens is 302 g/mol. The lowest BCUT2D eigenvalue weighted by molar-refractivity contribution is -0.128. The van der Waals surface area contributed by atoms with Gasteiger partial charge in [0.05, 0.1) is 20.6 Å². The van der Waals surface area contributed by atoms with Crippen LogP contribution in [0, 0.1) is 0 Å². The molecule has 0 aliphatic rings. The summed E-state index contributed by atoms with van der Waals surface area (Å²) >= 11 is 0. The van der Waals surface area contributed by atoms with Crippen LogP contribution in [0.25, 0.3) is 0 Å². The summed E-state index contributed by atoms with van der Waals surface area (Å²) in [5.74, 6) is -1.16. The quantitative estimate of drug-likeness (QED) is 0.742. The predicted molar refractivity (Wildman–Crippen MR) is 71.9 cm³/mol. The van der Waals surface area contributed by atoms with Crippen LogP contribution in [-0.4, -0.2) is 39.0 Å². The highest BCUT2D eigenvalue weighted by Crippen LogP contribution is 2.32. The first kappa shape index (κ1) is 16.9. The Labute approximate surface area is 121 Å². The van der Waals surface area contributed by atoms with E-state index in [-0.39, 0.29) is 17.9 Å². The van der Waals surface area contributed by atoms with Gasteiger partial charge in [0.2, 0.25) is 11.8 Å². The number of carbonyl (C=O) groups is 2. The Hall–Kier alpha value is -2.13. The largest absolute Gasteiger partial charge is 0.496 e. The summed E-state index contributed by atoms with van der Waals surface area (Å²) in [5.41, 5.74) is 0.306. The number of amides is 2. The van der Waals surface area contributed by atoms with Gasteiger partial charge in [0.25, 0.3) is 10.1 Å². The third-order valence-electron chi connectivity index (χ3n) is 2.51. The molecule has 1 rings (SSSR count). The van der Waals surface area contributed by atoms with Gasteiger partial charge < -0.3 is 9.47 Å². The van der Waals surface area contributed by atoms with Crippen LogP contribution in [0.2, 0.25) is 0 Å². The molecule has 0 fully saturated rings. The molecule has 1 aromatic rings. The monoisotopic (exact) mass is 317 g/mol. The van der Waals surface area contributed by atoms with Crippen LogP contribution in [0.3, 0.4) is 0 Å². The molecule has 0 saturated heterocycles. The second-order valence-corrected chi connectivity index (χ2v) is 5.46. The number of carbonyl (C=O) groups excluding carboxylic acids is 2. The molecule has 0 heterocycles. The first-order valence-electron chi connectivity index (χ1n) is 5.71. The normalized spacial score (nSPS) is 10.9. The molecule has 0 aliphatic heterocycles. The van der Waals surface area contributed by atoms with Gasteiger partial charge in [-0.15, -0.1) is 0 Å². The van der Waals surface area contributed by atoms with Crippen molar-refractivity contribution in [2.75, 3.05) is 14.2 Å². The van der Waals surface area contributed by atoms with E-state index < -0.39 is 26.8 Å². The molecule has 0 saturated carbocycles. The van der Waals surface area contributed by atoms with Crippen LogP contribution >= 0.6 is 0 Å². The fourth-order valence-corrected chi connectivity index (χ4v) is 2.34. The fourth-order valence-electron chi connectivity index (χ4n) is 1.69. The highest BCUT2D eigenvalue weighted by molar-refractivity contribution is 7.86. The van der Waals surface area contributed by atoms with Crippen molar-refractivity contribution >= 4 is 21.9 Å². The molecule has 0 unspecified atom stereocenters. The van der Waals surface area contributed by atoms with Crippen LogP contribution in [0.15, 0.2) is 17.0 Å². The van der Waals surface area contributed by atoms with Gasteiger partial charge in [0.1, 0.15) is 16.4 Å². The van der Waals surface area contributed by atoms with Crippen molar-refractivity contribution in [2.45, 2.75) is 18.2 Å². The standard InChI is InChI=1S/C12H15NO7S/c1-7(14)13-12(15)5-8-4-10(20-3)11(21(16,17)18)6-9(8)19-2/h4,6H,5H2,1-3H3,(H,13,14,15)(H,16,17,18). The second kappa shape index (κ2) is 6.55. The van der Waals surface area contributed by atoms with Gasteiger partial charge in [-0.1, -0.05) is 0 Å². The topological polar surface area (TPSA) is 119 Å². The maximum absolute atomic E-state index is 11.6. The molecule has 2 N–H and O–H groups in total. The van der Waals surface area contributed by atoms with E-state index in [1.807, 2.05) is 0 Å². The SMILES string of the molecule is COc1cc(S(=O)(=O)O)c(OC)cc1CC(=O)NC(C)=O. The van der Waals surface area contributed by atoms with Crippen LogP contribution < -0.4 is 14.8 Å². The van der Waals surface area contributed by atoms with Gasteiger partial charge in [-0.2, -0.15) is 8.42 Å². The van der Waals surface area contributed by atoms with Gasteiger partial charge in [-0.3, -0.25) is 19.5 Å². The summed E-state index contributed by atoms with van der Waals surface area (Å²) < 4.78 is 41.5. The zero-order valence-corrected chi connectivity index (χ0v) is 12.5. The molecular formula is C12H15NO7S. The van der Waals surface area contributed by atoms with Gasteiger partial charge >= 0.3 is 0 Å². The number of rotatable bonds is 5. The first-order chi connectivity index (χ1) is 9.68. The number of hydrogen-bond acceptors (Lipinski definition) is 6. The molecule has 8 nitrogen and oxygen atoms in total. The highest BCUT2D eigenvalue weighted by atomic mass is 32.2. The lowest BCUT2D eigenvalue weighted by Gasteiger charge is -2.13. The van der Waals surface area contributed by atoms with Crippen LogP contribution in [0.4, 0.5) is 0 Å². The van der Waals surface area contributed by atoms with Crippen molar-refractivity contribution in [3.8, 4) is 11.5 Å². The van der Waals surface area contributed by atoms with Crippen molar-refractivity contribution in [1.29, 1.82) is 0 Å². The minimum Gasteiger partial charge on any atom is -0.496 e. The minimum atomic E-state index is -4.50. The molecule has 1 aromatic carbocycles.